The number of thiophene rings is 1. The third-order valence-corrected chi connectivity index (χ3v) is 7.40. The molecule has 2 aromatic carbocycles. The van der Waals surface area contributed by atoms with E-state index in [9.17, 15) is 4.79 Å². The lowest BCUT2D eigenvalue weighted by Gasteiger charge is -1.98. The van der Waals surface area contributed by atoms with Gasteiger partial charge in [-0.3, -0.25) is 0 Å². The Morgan fingerprint density at radius 2 is 1.59 bits per heavy atom. The van der Waals surface area contributed by atoms with Crippen molar-refractivity contribution in [3.63, 3.8) is 0 Å². The van der Waals surface area contributed by atoms with E-state index >= 15 is 0 Å². The van der Waals surface area contributed by atoms with Gasteiger partial charge in [0, 0.05) is 27.7 Å². The lowest BCUT2D eigenvalue weighted by atomic mass is 10.1. The molecule has 0 radical (unpaired) electrons. The number of para-hydroxylation sites is 1. The van der Waals surface area contributed by atoms with E-state index in [1.54, 1.807) is 0 Å². The number of aryl methyl sites for hydroxylation is 7. The molecule has 0 fully saturated rings. The average Bonchev–Trinajstić information content (AvgIpc) is 3.50. The minimum absolute atomic E-state index is 0. The van der Waals surface area contributed by atoms with Gasteiger partial charge in [-0.05, 0) is 102 Å². The largest absolute Gasteiger partial charge is 0.462 e. The first-order valence-corrected chi connectivity index (χ1v) is 13.3. The van der Waals surface area contributed by atoms with Gasteiger partial charge in [0.1, 0.15) is 4.88 Å². The Kier molecular flexibility index (Phi) is 12.9. The van der Waals surface area contributed by atoms with Gasteiger partial charge in [0.2, 0.25) is 0 Å². The molecule has 6 heteroatoms. The molecular weight excluding hydrogens is 502 g/mol. The third-order valence-electron chi connectivity index (χ3n) is 6.27. The number of rotatable bonds is 3. The van der Waals surface area contributed by atoms with Gasteiger partial charge >= 0.3 is 5.97 Å². The van der Waals surface area contributed by atoms with Gasteiger partial charge < -0.3 is 9.72 Å². The predicted octanol–water partition coefficient (Wildman–Crippen LogP) is 9.40. The number of carbonyl (C=O) groups excluding carboxylic acids is 1. The summed E-state index contributed by atoms with van der Waals surface area (Å²) in [5, 5.41) is 5.75. The van der Waals surface area contributed by atoms with Crippen molar-refractivity contribution in [1.82, 2.24) is 14.8 Å². The van der Waals surface area contributed by atoms with Crippen LogP contribution in [-0.2, 0) is 4.74 Å². The van der Waals surface area contributed by atoms with Gasteiger partial charge in [-0.25, -0.2) is 9.48 Å². The molecule has 210 valence electrons. The zero-order valence-electron chi connectivity index (χ0n) is 23.1. The minimum atomic E-state index is -0.210. The summed E-state index contributed by atoms with van der Waals surface area (Å²) in [6.07, 6.45) is 2.05. The fourth-order valence-electron chi connectivity index (χ4n) is 3.71. The molecule has 0 aliphatic carbocycles. The van der Waals surface area contributed by atoms with Crippen molar-refractivity contribution in [3.05, 3.63) is 104 Å². The van der Waals surface area contributed by atoms with Crippen LogP contribution in [-0.4, -0.2) is 27.3 Å². The van der Waals surface area contributed by atoms with Crippen LogP contribution in [0.2, 0.25) is 0 Å². The Morgan fingerprint density at radius 1 is 0.923 bits per heavy atom. The molecule has 3 heterocycles. The smallest absolute Gasteiger partial charge is 0.348 e. The van der Waals surface area contributed by atoms with Crippen molar-refractivity contribution >= 4 is 28.2 Å². The lowest BCUT2D eigenvalue weighted by molar-refractivity contribution is 0.0532. The summed E-state index contributed by atoms with van der Waals surface area (Å²) in [6.45, 7) is 16.7. The monoisotopic (exact) mass is 547 g/mol. The highest BCUT2D eigenvalue weighted by molar-refractivity contribution is 7.14. The predicted molar refractivity (Wildman–Crippen MR) is 169 cm³/mol. The maximum absolute atomic E-state index is 11.2. The number of aromatic nitrogens is 3. The first kappa shape index (κ1) is 33.4. The topological polar surface area (TPSA) is 59.9 Å². The average molecular weight is 548 g/mol. The SMILES string of the molecule is C.C.CCOC(=O)c1cc(C)c(C)s1.Cc1ccc2[nH]c(C)c(C)c2c1.Cc1cn(-c2ccccc2)nc1C. The van der Waals surface area contributed by atoms with E-state index in [-0.39, 0.29) is 20.8 Å². The highest BCUT2D eigenvalue weighted by Gasteiger charge is 2.10. The van der Waals surface area contributed by atoms with E-state index in [2.05, 4.69) is 56.0 Å². The number of nitrogens with one attached hydrogen (secondary N) is 1. The molecule has 0 amide bonds. The molecule has 1 N–H and O–H groups in total. The number of hydrogen-bond acceptors (Lipinski definition) is 4. The number of aromatic amines is 1. The molecule has 5 rings (SSSR count). The van der Waals surface area contributed by atoms with Crippen molar-refractivity contribution in [3.8, 4) is 5.69 Å². The fraction of sp³-hybridized carbons (Fsp3) is 0.333. The van der Waals surface area contributed by atoms with E-state index in [0.29, 0.717) is 11.5 Å². The molecule has 3 aromatic heterocycles. The Morgan fingerprint density at radius 3 is 2.13 bits per heavy atom. The summed E-state index contributed by atoms with van der Waals surface area (Å²) in [5.74, 6) is -0.210. The molecule has 0 saturated carbocycles. The van der Waals surface area contributed by atoms with Gasteiger partial charge in [-0.15, -0.1) is 11.3 Å². The third kappa shape index (κ3) is 8.69. The van der Waals surface area contributed by atoms with Crippen LogP contribution in [0.5, 0.6) is 0 Å². The van der Waals surface area contributed by atoms with Crippen LogP contribution in [0.15, 0.2) is 60.8 Å². The fourth-order valence-corrected chi connectivity index (χ4v) is 4.64. The molecule has 0 bridgehead atoms. The molecule has 0 aliphatic heterocycles. The van der Waals surface area contributed by atoms with E-state index < -0.39 is 0 Å². The molecule has 39 heavy (non-hydrogen) atoms. The Labute approximate surface area is 238 Å². The van der Waals surface area contributed by atoms with Crippen LogP contribution in [0.1, 0.15) is 70.0 Å². The van der Waals surface area contributed by atoms with E-state index in [0.717, 1.165) is 16.9 Å². The van der Waals surface area contributed by atoms with Gasteiger partial charge in [0.15, 0.2) is 0 Å². The van der Waals surface area contributed by atoms with E-state index in [1.165, 1.54) is 49.5 Å². The molecule has 0 spiro atoms. The maximum atomic E-state index is 11.2. The minimum Gasteiger partial charge on any atom is -0.462 e. The van der Waals surface area contributed by atoms with E-state index in [4.69, 9.17) is 4.74 Å². The van der Waals surface area contributed by atoms with Crippen LogP contribution in [0, 0.1) is 48.5 Å². The number of hydrogen-bond donors (Lipinski definition) is 1. The zero-order valence-corrected chi connectivity index (χ0v) is 23.9. The molecule has 0 unspecified atom stereocenters. The van der Waals surface area contributed by atoms with Gasteiger partial charge in [0.05, 0.1) is 18.0 Å². The first-order chi connectivity index (χ1) is 17.6. The summed E-state index contributed by atoms with van der Waals surface area (Å²) < 4.78 is 6.78. The summed E-state index contributed by atoms with van der Waals surface area (Å²) >= 11 is 1.49. The van der Waals surface area contributed by atoms with Gasteiger partial charge in [-0.2, -0.15) is 5.10 Å². The molecule has 0 saturated heterocycles. The number of benzene rings is 2. The number of nitrogens with zero attached hydrogens (tertiary/aromatic N) is 2. The second-order valence-corrected chi connectivity index (χ2v) is 10.4. The first-order valence-electron chi connectivity index (χ1n) is 12.5. The van der Waals surface area contributed by atoms with Crippen molar-refractivity contribution in [1.29, 1.82) is 0 Å². The normalized spacial score (nSPS) is 9.85. The van der Waals surface area contributed by atoms with Gasteiger partial charge in [-0.1, -0.05) is 44.7 Å². The van der Waals surface area contributed by atoms with Crippen LogP contribution in [0.4, 0.5) is 0 Å². The van der Waals surface area contributed by atoms with Crippen molar-refractivity contribution in [2.75, 3.05) is 6.61 Å². The van der Waals surface area contributed by atoms with Crippen LogP contribution < -0.4 is 0 Å². The van der Waals surface area contributed by atoms with E-state index in [1.807, 2.05) is 75.0 Å². The molecule has 0 atom stereocenters. The van der Waals surface area contributed by atoms with Crippen LogP contribution >= 0.6 is 11.3 Å². The number of ether oxygens (including phenoxy) is 1. The Hall–Kier alpha value is -3.64. The second kappa shape index (κ2) is 15.1. The number of carbonyl (C=O) groups is 1. The summed E-state index contributed by atoms with van der Waals surface area (Å²) in [4.78, 5) is 16.4. The lowest BCUT2D eigenvalue weighted by Crippen LogP contribution is -2.01. The zero-order chi connectivity index (χ0) is 27.1. The standard InChI is InChI=1S/C11H12N2.C11H13N.C9H12O2S.2CH4/c1-9-8-13(12-10(9)2)11-6-4-3-5-7-11;1-7-4-5-11-10(6-7)8(2)9(3)12-11;1-4-11-9(10)8-5-6(2)7(3)12-8;;/h3-8H,1-2H3;4-6,12H,1-3H3;5H,4H2,1-3H3;2*1H4. The Balaban J connectivity index is 0.000000286. The highest BCUT2D eigenvalue weighted by atomic mass is 32.1. The molecule has 0 aliphatic rings. The highest BCUT2D eigenvalue weighted by Crippen LogP contribution is 2.22. The van der Waals surface area contributed by atoms with Crippen molar-refractivity contribution < 1.29 is 9.53 Å². The number of esters is 1. The summed E-state index contributed by atoms with van der Waals surface area (Å²) in [5.41, 5.74) is 9.79. The molecular formula is C33H45N3O2S. The van der Waals surface area contributed by atoms with Crippen LogP contribution in [0.3, 0.4) is 0 Å². The van der Waals surface area contributed by atoms with Crippen LogP contribution in [0.25, 0.3) is 16.6 Å². The summed E-state index contributed by atoms with van der Waals surface area (Å²) in [6, 6.07) is 18.5. The molecule has 5 aromatic rings. The molecule has 5 nitrogen and oxygen atoms in total. The van der Waals surface area contributed by atoms with Crippen molar-refractivity contribution in [2.45, 2.75) is 70.2 Å². The maximum Gasteiger partial charge on any atom is 0.348 e. The number of fused-ring (bicyclic) bond motifs is 1. The second-order valence-electron chi connectivity index (χ2n) is 9.17. The van der Waals surface area contributed by atoms with Crippen molar-refractivity contribution in [2.24, 2.45) is 0 Å². The quantitative estimate of drug-likeness (QED) is 0.229. The Bertz CT molecular complexity index is 1440. The van der Waals surface area contributed by atoms with Gasteiger partial charge in [0.25, 0.3) is 0 Å². The summed E-state index contributed by atoms with van der Waals surface area (Å²) in [7, 11) is 0. The number of H-pyrrole nitrogens is 1.